The van der Waals surface area contributed by atoms with Crippen molar-refractivity contribution >= 4 is 54.7 Å². The minimum absolute atomic E-state index is 0.161. The van der Waals surface area contributed by atoms with Crippen LogP contribution >= 0.6 is 0 Å². The van der Waals surface area contributed by atoms with Gasteiger partial charge in [0, 0.05) is 22.1 Å². The van der Waals surface area contributed by atoms with E-state index in [-0.39, 0.29) is 17.7 Å². The maximum Gasteiger partial charge on any atom is 0.261 e. The van der Waals surface area contributed by atoms with Gasteiger partial charge in [-0.2, -0.15) is 0 Å². The van der Waals surface area contributed by atoms with Crippen molar-refractivity contribution in [2.45, 2.75) is 45.8 Å². The van der Waals surface area contributed by atoms with Crippen molar-refractivity contribution < 1.29 is 14.3 Å². The molecule has 42 heavy (non-hydrogen) atoms. The third kappa shape index (κ3) is 3.24. The Balaban J connectivity index is 1.43. The van der Waals surface area contributed by atoms with Gasteiger partial charge in [-0.3, -0.25) is 9.69 Å². The van der Waals surface area contributed by atoms with Gasteiger partial charge in [0.05, 0.1) is 12.0 Å². The maximum absolute atomic E-state index is 14.5. The number of aliphatic hydroxyl groups is 1. The Morgan fingerprint density at radius 3 is 1.90 bits per heavy atom. The number of amides is 1. The number of furan rings is 1. The summed E-state index contributed by atoms with van der Waals surface area (Å²) >= 11 is 0. The number of anilines is 1. The molecule has 1 unspecified atom stereocenters. The molecule has 1 N–H and O–H groups in total. The van der Waals surface area contributed by atoms with Gasteiger partial charge in [-0.15, -0.1) is 0 Å². The molecule has 206 valence electrons. The number of fused-ring (bicyclic) bond motifs is 2. The highest BCUT2D eigenvalue weighted by Crippen LogP contribution is 2.49. The number of hydrogen-bond acceptors (Lipinski definition) is 3. The summed E-state index contributed by atoms with van der Waals surface area (Å²) < 4.78 is 5.79. The van der Waals surface area contributed by atoms with E-state index in [9.17, 15) is 9.90 Å². The van der Waals surface area contributed by atoms with Crippen molar-refractivity contribution in [1.82, 2.24) is 0 Å². The number of aliphatic hydroxyl groups excluding tert-OH is 1. The Bertz CT molecular complexity index is 2140. The number of hydrogen-bond donors (Lipinski definition) is 1. The van der Waals surface area contributed by atoms with E-state index < -0.39 is 6.23 Å². The van der Waals surface area contributed by atoms with E-state index in [0.29, 0.717) is 5.56 Å². The normalized spacial score (nSPS) is 15.5. The molecular formula is C38H31NO3. The van der Waals surface area contributed by atoms with E-state index >= 15 is 0 Å². The van der Waals surface area contributed by atoms with Gasteiger partial charge >= 0.3 is 0 Å². The number of rotatable bonds is 4. The van der Waals surface area contributed by atoms with Crippen LogP contribution in [0.15, 0.2) is 95.6 Å². The number of carbonyl (C=O) groups excluding carboxylic acids is 1. The van der Waals surface area contributed by atoms with Gasteiger partial charge in [-0.1, -0.05) is 88.4 Å². The quantitative estimate of drug-likeness (QED) is 0.176. The average molecular weight is 550 g/mol. The summed E-state index contributed by atoms with van der Waals surface area (Å²) in [5.74, 6) is 1.06. The molecule has 6 aromatic carbocycles. The van der Waals surface area contributed by atoms with Crippen LogP contribution in [0, 0.1) is 0 Å². The third-order valence-electron chi connectivity index (χ3n) is 9.16. The van der Waals surface area contributed by atoms with Gasteiger partial charge in [-0.05, 0) is 84.9 Å². The van der Waals surface area contributed by atoms with Crippen molar-refractivity contribution in [3.8, 4) is 11.3 Å². The SMILES string of the molecule is CC(C)c1cccc(C(C)C)c1N1C(=O)c2ccc3c4ccc(-c5ccco5)c5cccc(c6ccc(c2c36)C1O)c54. The standard InChI is InChI=1S/C38H31NO3/c1-20(2)22-8-5-9-23(21(3)4)36(22)39-37(40)30-17-15-28-26-11-6-10-25-24(32-12-7-19-42-32)13-14-27(33(25)26)29-16-18-31(38(39)41)35(30)34(28)29/h5-21,37,40H,1-4H3. The van der Waals surface area contributed by atoms with Crippen LogP contribution in [-0.2, 0) is 0 Å². The number of nitrogens with zero attached hydrogens (tertiary/aromatic N) is 1. The first kappa shape index (κ1) is 25.1. The summed E-state index contributed by atoms with van der Waals surface area (Å²) in [5.41, 5.74) is 5.42. The molecule has 0 bridgehead atoms. The molecule has 8 rings (SSSR count). The van der Waals surface area contributed by atoms with Crippen LogP contribution in [-0.4, -0.2) is 11.0 Å². The second-order valence-electron chi connectivity index (χ2n) is 12.1. The molecule has 0 fully saturated rings. The molecule has 4 nitrogen and oxygen atoms in total. The molecule has 2 heterocycles. The molecule has 4 heteroatoms. The number of para-hydroxylation sites is 1. The van der Waals surface area contributed by atoms with Crippen LogP contribution in [0.25, 0.3) is 54.4 Å². The molecule has 1 aliphatic rings. The molecule has 0 spiro atoms. The topological polar surface area (TPSA) is 53.7 Å². The predicted octanol–water partition coefficient (Wildman–Crippen LogP) is 9.90. The lowest BCUT2D eigenvalue weighted by atomic mass is 9.83. The van der Waals surface area contributed by atoms with E-state index in [1.807, 2.05) is 24.3 Å². The fourth-order valence-electron chi connectivity index (χ4n) is 7.26. The summed E-state index contributed by atoms with van der Waals surface area (Å²) in [5, 5.41) is 20.6. The van der Waals surface area contributed by atoms with E-state index in [1.165, 1.54) is 5.39 Å². The van der Waals surface area contributed by atoms with E-state index in [0.717, 1.165) is 71.4 Å². The Morgan fingerprint density at radius 1 is 0.643 bits per heavy atom. The highest BCUT2D eigenvalue weighted by Gasteiger charge is 2.37. The maximum atomic E-state index is 14.5. The zero-order chi connectivity index (χ0) is 28.9. The van der Waals surface area contributed by atoms with Crippen molar-refractivity contribution in [3.63, 3.8) is 0 Å². The third-order valence-corrected chi connectivity index (χ3v) is 9.16. The molecular weight excluding hydrogens is 518 g/mol. The first-order valence-electron chi connectivity index (χ1n) is 14.7. The van der Waals surface area contributed by atoms with Gasteiger partial charge in [0.25, 0.3) is 5.91 Å². The molecule has 1 atom stereocenters. The van der Waals surface area contributed by atoms with Gasteiger partial charge in [0.15, 0.2) is 6.23 Å². The zero-order valence-corrected chi connectivity index (χ0v) is 24.1. The monoisotopic (exact) mass is 549 g/mol. The lowest BCUT2D eigenvalue weighted by Gasteiger charge is -2.37. The molecule has 7 aromatic rings. The highest BCUT2D eigenvalue weighted by molar-refractivity contribution is 6.36. The molecule has 0 saturated carbocycles. The van der Waals surface area contributed by atoms with Crippen molar-refractivity contribution in [2.75, 3.05) is 4.90 Å². The van der Waals surface area contributed by atoms with Gasteiger partial charge in [0.1, 0.15) is 5.76 Å². The van der Waals surface area contributed by atoms with E-state index in [4.69, 9.17) is 4.42 Å². The van der Waals surface area contributed by atoms with Crippen LogP contribution in [0.3, 0.4) is 0 Å². The first-order valence-corrected chi connectivity index (χ1v) is 14.7. The molecule has 1 aliphatic heterocycles. The number of benzene rings is 6. The van der Waals surface area contributed by atoms with Crippen molar-refractivity contribution in [3.05, 3.63) is 113 Å². The molecule has 0 saturated heterocycles. The largest absolute Gasteiger partial charge is 0.464 e. The molecule has 0 aliphatic carbocycles. The summed E-state index contributed by atoms with van der Waals surface area (Å²) in [7, 11) is 0. The minimum atomic E-state index is -1.09. The Morgan fingerprint density at radius 2 is 1.24 bits per heavy atom. The van der Waals surface area contributed by atoms with E-state index in [2.05, 4.69) is 88.4 Å². The zero-order valence-electron chi connectivity index (χ0n) is 24.1. The van der Waals surface area contributed by atoms with Crippen LogP contribution < -0.4 is 4.90 Å². The fraction of sp³-hybridized carbons (Fsp3) is 0.184. The van der Waals surface area contributed by atoms with Gasteiger partial charge in [0.2, 0.25) is 0 Å². The minimum Gasteiger partial charge on any atom is -0.464 e. The van der Waals surface area contributed by atoms with Crippen LogP contribution in [0.2, 0.25) is 0 Å². The Hall–Kier alpha value is -4.67. The van der Waals surface area contributed by atoms with Crippen LogP contribution in [0.1, 0.15) is 72.8 Å². The second-order valence-corrected chi connectivity index (χ2v) is 12.1. The van der Waals surface area contributed by atoms with Crippen LogP contribution in [0.5, 0.6) is 0 Å². The molecule has 1 amide bonds. The highest BCUT2D eigenvalue weighted by atomic mass is 16.3. The Kier molecular flexibility index (Phi) is 5.32. The lowest BCUT2D eigenvalue weighted by Crippen LogP contribution is -2.39. The molecule has 0 radical (unpaired) electrons. The van der Waals surface area contributed by atoms with Gasteiger partial charge in [-0.25, -0.2) is 0 Å². The summed E-state index contributed by atoms with van der Waals surface area (Å²) in [4.78, 5) is 16.1. The van der Waals surface area contributed by atoms with Gasteiger partial charge < -0.3 is 9.52 Å². The first-order chi connectivity index (χ1) is 20.4. The van der Waals surface area contributed by atoms with Crippen molar-refractivity contribution in [2.24, 2.45) is 0 Å². The lowest BCUT2D eigenvalue weighted by molar-refractivity contribution is 0.0878. The predicted molar refractivity (Wildman–Crippen MR) is 172 cm³/mol. The Labute approximate surface area is 244 Å². The summed E-state index contributed by atoms with van der Waals surface area (Å²) in [6.07, 6.45) is 0.614. The van der Waals surface area contributed by atoms with Crippen LogP contribution in [0.4, 0.5) is 5.69 Å². The fourth-order valence-corrected chi connectivity index (χ4v) is 7.26. The second kappa shape index (κ2) is 8.91. The van der Waals surface area contributed by atoms with Crippen molar-refractivity contribution in [1.29, 1.82) is 0 Å². The smallest absolute Gasteiger partial charge is 0.261 e. The van der Waals surface area contributed by atoms with E-state index in [1.54, 1.807) is 11.2 Å². The summed E-state index contributed by atoms with van der Waals surface area (Å²) in [6, 6.07) is 29.0. The number of carbonyl (C=O) groups is 1. The average Bonchev–Trinajstić information content (AvgIpc) is 3.53. The summed E-state index contributed by atoms with van der Waals surface area (Å²) in [6.45, 7) is 8.55. The molecule has 1 aromatic heterocycles.